The molecule has 2 rings (SSSR count). The molecular weight excluding hydrogens is 244 g/mol. The van der Waals surface area contributed by atoms with E-state index in [4.69, 9.17) is 10.2 Å². The first-order valence-corrected chi connectivity index (χ1v) is 5.90. The second kappa shape index (κ2) is 5.53. The largest absolute Gasteiger partial charge is 0.432 e. The van der Waals surface area contributed by atoms with E-state index in [-0.39, 0.29) is 12.1 Å². The lowest BCUT2D eigenvalue weighted by Gasteiger charge is -2.09. The van der Waals surface area contributed by atoms with Crippen LogP contribution in [0.4, 0.5) is 16.5 Å². The Morgan fingerprint density at radius 2 is 2.21 bits per heavy atom. The van der Waals surface area contributed by atoms with E-state index in [1.54, 1.807) is 13.0 Å². The molecule has 6 nitrogen and oxygen atoms in total. The quantitative estimate of drug-likeness (QED) is 0.790. The summed E-state index contributed by atoms with van der Waals surface area (Å²) in [4.78, 5) is 15.7. The minimum absolute atomic E-state index is 0.0841. The Morgan fingerprint density at radius 1 is 1.42 bits per heavy atom. The fourth-order valence-electron chi connectivity index (χ4n) is 1.57. The maximum absolute atomic E-state index is 11.7. The first kappa shape index (κ1) is 13.1. The third kappa shape index (κ3) is 3.56. The SMILES string of the molecule is Cc1coc(NC(=O)Nc2cccc(C(C)N)c2)n1. The van der Waals surface area contributed by atoms with Crippen molar-refractivity contribution in [2.75, 3.05) is 10.6 Å². The van der Waals surface area contributed by atoms with Crippen LogP contribution >= 0.6 is 0 Å². The van der Waals surface area contributed by atoms with Gasteiger partial charge in [-0.15, -0.1) is 0 Å². The van der Waals surface area contributed by atoms with Gasteiger partial charge in [0.25, 0.3) is 0 Å². The van der Waals surface area contributed by atoms with Crippen LogP contribution in [0, 0.1) is 6.92 Å². The summed E-state index contributed by atoms with van der Waals surface area (Å²) >= 11 is 0. The number of nitrogens with two attached hydrogens (primary N) is 1. The predicted molar refractivity (Wildman–Crippen MR) is 72.9 cm³/mol. The Balaban J connectivity index is 2.00. The van der Waals surface area contributed by atoms with E-state index in [1.807, 2.05) is 25.1 Å². The minimum Gasteiger partial charge on any atom is -0.432 e. The highest BCUT2D eigenvalue weighted by Crippen LogP contribution is 2.16. The van der Waals surface area contributed by atoms with Crippen molar-refractivity contribution in [2.45, 2.75) is 19.9 Å². The number of benzene rings is 1. The average molecular weight is 260 g/mol. The third-order valence-electron chi connectivity index (χ3n) is 2.51. The van der Waals surface area contributed by atoms with Crippen LogP contribution in [0.5, 0.6) is 0 Å². The molecule has 1 heterocycles. The molecule has 1 aromatic carbocycles. The molecular formula is C13H16N4O2. The van der Waals surface area contributed by atoms with Crippen molar-refractivity contribution in [1.29, 1.82) is 0 Å². The molecule has 2 aromatic rings. The van der Waals surface area contributed by atoms with Gasteiger partial charge < -0.3 is 15.5 Å². The van der Waals surface area contributed by atoms with Gasteiger partial charge in [-0.2, -0.15) is 4.98 Å². The molecule has 1 aromatic heterocycles. The van der Waals surface area contributed by atoms with Crippen LogP contribution in [0.15, 0.2) is 34.9 Å². The second-order valence-corrected chi connectivity index (χ2v) is 4.29. The summed E-state index contributed by atoms with van der Waals surface area (Å²) < 4.78 is 5.03. The summed E-state index contributed by atoms with van der Waals surface area (Å²) in [5.41, 5.74) is 8.10. The van der Waals surface area contributed by atoms with E-state index in [9.17, 15) is 4.79 Å². The van der Waals surface area contributed by atoms with Gasteiger partial charge in [0.05, 0.1) is 5.69 Å². The average Bonchev–Trinajstić information content (AvgIpc) is 2.74. The number of hydrogen-bond donors (Lipinski definition) is 3. The number of carbonyl (C=O) groups excluding carboxylic acids is 1. The zero-order chi connectivity index (χ0) is 13.8. The van der Waals surface area contributed by atoms with Gasteiger partial charge in [0.15, 0.2) is 0 Å². The van der Waals surface area contributed by atoms with Crippen molar-refractivity contribution in [1.82, 2.24) is 4.98 Å². The molecule has 100 valence electrons. The van der Waals surface area contributed by atoms with Gasteiger partial charge in [-0.1, -0.05) is 12.1 Å². The van der Waals surface area contributed by atoms with Crippen LogP contribution in [0.3, 0.4) is 0 Å². The third-order valence-corrected chi connectivity index (χ3v) is 2.51. The maximum Gasteiger partial charge on any atom is 0.327 e. The fourth-order valence-corrected chi connectivity index (χ4v) is 1.57. The molecule has 6 heteroatoms. The van der Waals surface area contributed by atoms with Gasteiger partial charge in [-0.05, 0) is 31.5 Å². The van der Waals surface area contributed by atoms with Gasteiger partial charge in [0.1, 0.15) is 6.26 Å². The molecule has 19 heavy (non-hydrogen) atoms. The summed E-state index contributed by atoms with van der Waals surface area (Å²) in [6.07, 6.45) is 1.46. The Bertz CT molecular complexity index is 578. The van der Waals surface area contributed by atoms with Gasteiger partial charge in [-0.25, -0.2) is 4.79 Å². The van der Waals surface area contributed by atoms with Crippen LogP contribution in [-0.4, -0.2) is 11.0 Å². The van der Waals surface area contributed by atoms with E-state index in [1.165, 1.54) is 6.26 Å². The molecule has 2 amide bonds. The van der Waals surface area contributed by atoms with Crippen molar-refractivity contribution >= 4 is 17.7 Å². The molecule has 0 saturated heterocycles. The van der Waals surface area contributed by atoms with Crippen LogP contribution in [0.2, 0.25) is 0 Å². The molecule has 0 aliphatic heterocycles. The summed E-state index contributed by atoms with van der Waals surface area (Å²) in [5, 5.41) is 5.19. The summed E-state index contributed by atoms with van der Waals surface area (Å²) in [7, 11) is 0. The van der Waals surface area contributed by atoms with Gasteiger partial charge in [-0.3, -0.25) is 5.32 Å². The number of nitrogens with zero attached hydrogens (tertiary/aromatic N) is 1. The molecule has 0 aliphatic rings. The smallest absolute Gasteiger partial charge is 0.327 e. The van der Waals surface area contributed by atoms with Crippen molar-refractivity contribution in [3.63, 3.8) is 0 Å². The topological polar surface area (TPSA) is 93.2 Å². The first-order chi connectivity index (χ1) is 9.04. The zero-order valence-electron chi connectivity index (χ0n) is 10.8. The molecule has 1 unspecified atom stereocenters. The van der Waals surface area contributed by atoms with Gasteiger partial charge in [0.2, 0.25) is 0 Å². The number of amides is 2. The van der Waals surface area contributed by atoms with E-state index in [0.717, 1.165) is 5.56 Å². The first-order valence-electron chi connectivity index (χ1n) is 5.90. The van der Waals surface area contributed by atoms with Crippen LogP contribution < -0.4 is 16.4 Å². The predicted octanol–water partition coefficient (Wildman–Crippen LogP) is 2.65. The number of oxazole rings is 1. The number of carbonyl (C=O) groups is 1. The monoisotopic (exact) mass is 260 g/mol. The lowest BCUT2D eigenvalue weighted by Crippen LogP contribution is -2.19. The van der Waals surface area contributed by atoms with Crippen molar-refractivity contribution in [3.8, 4) is 0 Å². The molecule has 0 spiro atoms. The highest BCUT2D eigenvalue weighted by atomic mass is 16.4. The van der Waals surface area contributed by atoms with Crippen molar-refractivity contribution in [3.05, 3.63) is 41.8 Å². The number of urea groups is 1. The van der Waals surface area contributed by atoms with Gasteiger partial charge in [0, 0.05) is 11.7 Å². The molecule has 0 bridgehead atoms. The standard InChI is InChI=1S/C13H16N4O2/c1-8-7-19-13(15-8)17-12(18)16-11-5-3-4-10(6-11)9(2)14/h3-7,9H,14H2,1-2H3,(H2,15,16,17,18). The number of anilines is 2. The number of rotatable bonds is 3. The molecule has 0 saturated carbocycles. The molecule has 4 N–H and O–H groups in total. The van der Waals surface area contributed by atoms with Crippen molar-refractivity contribution < 1.29 is 9.21 Å². The second-order valence-electron chi connectivity index (χ2n) is 4.29. The molecule has 0 fully saturated rings. The summed E-state index contributed by atoms with van der Waals surface area (Å²) in [5.74, 6) is 0. The lowest BCUT2D eigenvalue weighted by molar-refractivity contribution is 0.261. The zero-order valence-corrected chi connectivity index (χ0v) is 10.8. The lowest BCUT2D eigenvalue weighted by atomic mass is 10.1. The number of aromatic nitrogens is 1. The summed E-state index contributed by atoms with van der Waals surface area (Å²) in [6, 6.07) is 7.02. The molecule has 0 aliphatic carbocycles. The van der Waals surface area contributed by atoms with Gasteiger partial charge >= 0.3 is 12.0 Å². The van der Waals surface area contributed by atoms with Crippen LogP contribution in [0.25, 0.3) is 0 Å². The Kier molecular flexibility index (Phi) is 3.82. The van der Waals surface area contributed by atoms with Crippen LogP contribution in [-0.2, 0) is 0 Å². The highest BCUT2D eigenvalue weighted by molar-refractivity contribution is 5.98. The van der Waals surface area contributed by atoms with E-state index in [0.29, 0.717) is 11.4 Å². The Labute approximate surface area is 111 Å². The van der Waals surface area contributed by atoms with Crippen LogP contribution in [0.1, 0.15) is 24.2 Å². The Morgan fingerprint density at radius 3 is 2.84 bits per heavy atom. The number of nitrogens with one attached hydrogen (secondary N) is 2. The van der Waals surface area contributed by atoms with E-state index < -0.39 is 6.03 Å². The van der Waals surface area contributed by atoms with E-state index >= 15 is 0 Å². The Hall–Kier alpha value is -2.34. The fraction of sp³-hybridized carbons (Fsp3) is 0.231. The highest BCUT2D eigenvalue weighted by Gasteiger charge is 2.07. The van der Waals surface area contributed by atoms with E-state index in [2.05, 4.69) is 15.6 Å². The number of hydrogen-bond acceptors (Lipinski definition) is 4. The molecule has 1 atom stereocenters. The van der Waals surface area contributed by atoms with Crippen molar-refractivity contribution in [2.24, 2.45) is 5.73 Å². The maximum atomic E-state index is 11.7. The summed E-state index contributed by atoms with van der Waals surface area (Å²) in [6.45, 7) is 3.66. The minimum atomic E-state index is -0.413. The number of aryl methyl sites for hydroxylation is 1. The normalized spacial score (nSPS) is 11.9. The molecule has 0 radical (unpaired) electrons.